The molecule has 0 spiro atoms. The molecule has 1 saturated heterocycles. The van der Waals surface area contributed by atoms with E-state index in [2.05, 4.69) is 11.9 Å². The summed E-state index contributed by atoms with van der Waals surface area (Å²) in [4.78, 5) is 31.4. The molecule has 4 nitrogen and oxygen atoms in total. The topological polar surface area (TPSA) is 49.7 Å². The third-order valence-corrected chi connectivity index (χ3v) is 4.98. The van der Waals surface area contributed by atoms with E-state index in [1.807, 2.05) is 30.3 Å². The van der Waals surface area contributed by atoms with E-state index in [0.717, 1.165) is 6.42 Å². The molecule has 0 aromatic heterocycles. The molecule has 1 heterocycles. The van der Waals surface area contributed by atoms with Crippen molar-refractivity contribution >= 4 is 34.4 Å². The van der Waals surface area contributed by atoms with Crippen LogP contribution in [0.5, 0.6) is 0 Å². The first-order valence-electron chi connectivity index (χ1n) is 8.09. The van der Waals surface area contributed by atoms with Crippen LogP contribution >= 0.6 is 11.8 Å². The molecule has 5 heteroatoms. The van der Waals surface area contributed by atoms with Crippen molar-refractivity contribution in [1.29, 1.82) is 0 Å². The number of nitrogens with zero attached hydrogens (tertiary/aromatic N) is 2. The second-order valence-corrected chi connectivity index (χ2v) is 6.49. The lowest BCUT2D eigenvalue weighted by Gasteiger charge is -2.15. The van der Waals surface area contributed by atoms with E-state index in [1.165, 1.54) is 22.2 Å². The molecule has 0 N–H and O–H groups in total. The van der Waals surface area contributed by atoms with Crippen LogP contribution in [-0.2, 0) is 11.2 Å². The van der Waals surface area contributed by atoms with Gasteiger partial charge in [0.1, 0.15) is 0 Å². The molecule has 3 rings (SSSR count). The monoisotopic (exact) mass is 350 g/mol. The number of carbonyl (C=O) groups excluding carboxylic acids is 2. The van der Waals surface area contributed by atoms with Gasteiger partial charge in [-0.2, -0.15) is 4.99 Å². The summed E-state index contributed by atoms with van der Waals surface area (Å²) in [7, 11) is 0. The Morgan fingerprint density at radius 2 is 1.80 bits per heavy atom. The Labute approximate surface area is 151 Å². The van der Waals surface area contributed by atoms with Crippen LogP contribution in [0, 0.1) is 0 Å². The molecule has 0 bridgehead atoms. The van der Waals surface area contributed by atoms with Crippen LogP contribution in [0.15, 0.2) is 70.6 Å². The summed E-state index contributed by atoms with van der Waals surface area (Å²) < 4.78 is 0. The normalized spacial score (nSPS) is 17.5. The van der Waals surface area contributed by atoms with Crippen molar-refractivity contribution in [3.63, 3.8) is 0 Å². The zero-order valence-electron chi connectivity index (χ0n) is 14.1. The van der Waals surface area contributed by atoms with Gasteiger partial charge in [-0.1, -0.05) is 43.3 Å². The van der Waals surface area contributed by atoms with E-state index >= 15 is 0 Å². The van der Waals surface area contributed by atoms with Gasteiger partial charge in [-0.15, -0.1) is 0 Å². The molecule has 25 heavy (non-hydrogen) atoms. The number of amides is 2. The highest BCUT2D eigenvalue weighted by Gasteiger charge is 2.34. The lowest BCUT2D eigenvalue weighted by Crippen LogP contribution is -2.29. The van der Waals surface area contributed by atoms with Gasteiger partial charge < -0.3 is 0 Å². The van der Waals surface area contributed by atoms with E-state index in [9.17, 15) is 9.59 Å². The van der Waals surface area contributed by atoms with Crippen LogP contribution in [0.1, 0.15) is 29.8 Å². The Hall–Kier alpha value is -2.66. The summed E-state index contributed by atoms with van der Waals surface area (Å²) in [5.41, 5.74) is 2.40. The number of aliphatic imine (C=N–C) groups is 1. The molecular weight excluding hydrogens is 332 g/mol. The number of rotatable bonds is 3. The van der Waals surface area contributed by atoms with Crippen molar-refractivity contribution in [3.05, 3.63) is 76.7 Å². The maximum atomic E-state index is 12.7. The van der Waals surface area contributed by atoms with Crippen molar-refractivity contribution in [3.8, 4) is 0 Å². The average Bonchev–Trinajstić information content (AvgIpc) is 2.97. The first-order chi connectivity index (χ1) is 12.1. The molecule has 0 radical (unpaired) electrons. The predicted octanol–water partition coefficient (Wildman–Crippen LogP) is 4.43. The van der Waals surface area contributed by atoms with Gasteiger partial charge in [0.2, 0.25) is 0 Å². The lowest BCUT2D eigenvalue weighted by molar-refractivity contribution is -0.113. The van der Waals surface area contributed by atoms with Gasteiger partial charge in [-0.05, 0) is 54.9 Å². The molecule has 2 amide bonds. The molecule has 1 fully saturated rings. The van der Waals surface area contributed by atoms with Gasteiger partial charge in [-0.25, -0.2) is 0 Å². The first kappa shape index (κ1) is 17.2. The molecule has 0 saturated carbocycles. The van der Waals surface area contributed by atoms with E-state index in [4.69, 9.17) is 0 Å². The second kappa shape index (κ2) is 7.49. The molecule has 0 aliphatic carbocycles. The zero-order chi connectivity index (χ0) is 17.8. The fourth-order valence-corrected chi connectivity index (χ4v) is 3.38. The molecule has 2 aromatic carbocycles. The summed E-state index contributed by atoms with van der Waals surface area (Å²) >= 11 is 1.22. The molecule has 1 aliphatic heterocycles. The zero-order valence-corrected chi connectivity index (χ0v) is 14.9. The quantitative estimate of drug-likeness (QED) is 0.770. The van der Waals surface area contributed by atoms with Crippen molar-refractivity contribution in [2.45, 2.75) is 20.3 Å². The summed E-state index contributed by atoms with van der Waals surface area (Å²) in [6.07, 6.45) is 2.67. The van der Waals surface area contributed by atoms with Gasteiger partial charge in [0.05, 0.1) is 10.6 Å². The number of anilines is 1. The van der Waals surface area contributed by atoms with E-state index in [1.54, 1.807) is 37.3 Å². The van der Waals surface area contributed by atoms with Gasteiger partial charge in [0.15, 0.2) is 5.17 Å². The third-order valence-electron chi connectivity index (χ3n) is 3.89. The van der Waals surface area contributed by atoms with Crippen molar-refractivity contribution in [1.82, 2.24) is 0 Å². The minimum absolute atomic E-state index is 0.156. The fourth-order valence-electron chi connectivity index (χ4n) is 2.48. The standard InChI is InChI=1S/C20H18N2O2S/c1-3-14-10-12-16(13-11-14)22-19(24)17(4-2)25-20(22)21-18(23)15-8-6-5-7-9-15/h4-13H,3H2,1-2H3/b17-4-,21-20?. The van der Waals surface area contributed by atoms with E-state index in [0.29, 0.717) is 21.3 Å². The minimum atomic E-state index is -0.358. The van der Waals surface area contributed by atoms with Crippen LogP contribution in [0.2, 0.25) is 0 Å². The maximum absolute atomic E-state index is 12.7. The van der Waals surface area contributed by atoms with Gasteiger partial charge in [-0.3, -0.25) is 14.5 Å². The highest BCUT2D eigenvalue weighted by Crippen LogP contribution is 2.35. The number of carbonyl (C=O) groups is 2. The SMILES string of the molecule is C/C=C1\SC(=NC(=O)c2ccccc2)N(c2ccc(CC)cc2)C1=O. The van der Waals surface area contributed by atoms with Gasteiger partial charge in [0.25, 0.3) is 11.8 Å². The Kier molecular flexibility index (Phi) is 5.14. The molecule has 2 aromatic rings. The fraction of sp³-hybridized carbons (Fsp3) is 0.150. The van der Waals surface area contributed by atoms with Crippen molar-refractivity contribution < 1.29 is 9.59 Å². The van der Waals surface area contributed by atoms with Crippen LogP contribution in [0.4, 0.5) is 5.69 Å². The number of benzene rings is 2. The number of hydrogen-bond acceptors (Lipinski definition) is 3. The number of amidine groups is 1. The van der Waals surface area contributed by atoms with Crippen molar-refractivity contribution in [2.24, 2.45) is 4.99 Å². The molecular formula is C20H18N2O2S. The summed E-state index contributed by atoms with van der Waals surface area (Å²) in [5, 5.41) is 0.385. The first-order valence-corrected chi connectivity index (χ1v) is 8.91. The largest absolute Gasteiger partial charge is 0.279 e. The number of thioether (sulfide) groups is 1. The van der Waals surface area contributed by atoms with E-state index in [-0.39, 0.29) is 11.8 Å². The summed E-state index contributed by atoms with van der Waals surface area (Å²) in [6, 6.07) is 16.6. The number of hydrogen-bond donors (Lipinski definition) is 0. The van der Waals surface area contributed by atoms with Crippen LogP contribution in [0.25, 0.3) is 0 Å². The second-order valence-electron chi connectivity index (χ2n) is 5.48. The maximum Gasteiger partial charge on any atom is 0.279 e. The Morgan fingerprint density at radius 1 is 1.12 bits per heavy atom. The Bertz CT molecular complexity index is 855. The summed E-state index contributed by atoms with van der Waals surface area (Å²) in [5.74, 6) is -0.514. The number of aryl methyl sites for hydroxylation is 1. The highest BCUT2D eigenvalue weighted by atomic mass is 32.2. The van der Waals surface area contributed by atoms with E-state index < -0.39 is 0 Å². The number of allylic oxidation sites excluding steroid dienone is 1. The molecule has 0 unspecified atom stereocenters. The lowest BCUT2D eigenvalue weighted by atomic mass is 10.1. The predicted molar refractivity (Wildman–Crippen MR) is 103 cm³/mol. The molecule has 0 atom stereocenters. The summed E-state index contributed by atoms with van der Waals surface area (Å²) in [6.45, 7) is 3.88. The highest BCUT2D eigenvalue weighted by molar-refractivity contribution is 8.19. The van der Waals surface area contributed by atoms with Gasteiger partial charge >= 0.3 is 0 Å². The van der Waals surface area contributed by atoms with Crippen LogP contribution in [-0.4, -0.2) is 17.0 Å². The van der Waals surface area contributed by atoms with Gasteiger partial charge in [0, 0.05) is 5.56 Å². The average molecular weight is 350 g/mol. The smallest absolute Gasteiger partial charge is 0.268 e. The minimum Gasteiger partial charge on any atom is -0.268 e. The Morgan fingerprint density at radius 3 is 2.40 bits per heavy atom. The molecule has 126 valence electrons. The van der Waals surface area contributed by atoms with Crippen LogP contribution < -0.4 is 4.90 Å². The van der Waals surface area contributed by atoms with Crippen molar-refractivity contribution in [2.75, 3.05) is 4.90 Å². The third kappa shape index (κ3) is 3.56. The Balaban J connectivity index is 1.99. The van der Waals surface area contributed by atoms with Crippen LogP contribution in [0.3, 0.4) is 0 Å². The molecule has 1 aliphatic rings.